The van der Waals surface area contributed by atoms with Crippen LogP contribution in [0.5, 0.6) is 0 Å². The molecule has 1 aliphatic carbocycles. The molecule has 0 unspecified atom stereocenters. The average molecular weight is 508 g/mol. The van der Waals surface area contributed by atoms with Crippen molar-refractivity contribution in [3.8, 4) is 17.3 Å². The Morgan fingerprint density at radius 1 is 1.11 bits per heavy atom. The van der Waals surface area contributed by atoms with Crippen molar-refractivity contribution < 1.29 is 9.59 Å². The van der Waals surface area contributed by atoms with Gasteiger partial charge in [0.1, 0.15) is 4.88 Å². The van der Waals surface area contributed by atoms with Gasteiger partial charge in [0.15, 0.2) is 5.13 Å². The van der Waals surface area contributed by atoms with Crippen LogP contribution in [-0.4, -0.2) is 16.9 Å². The number of hydrogen-bond donors (Lipinski definition) is 2. The highest BCUT2D eigenvalue weighted by Crippen LogP contribution is 2.43. The number of carbonyl (C=O) groups is 2. The molecule has 8 heteroatoms. The van der Waals surface area contributed by atoms with Crippen LogP contribution in [0.2, 0.25) is 0 Å². The Balaban J connectivity index is 1.58. The Kier molecular flexibility index (Phi) is 6.71. The Morgan fingerprint density at radius 2 is 1.89 bits per heavy atom. The molecule has 0 bridgehead atoms. The SMILES string of the molecule is Cc1ccc(C2CC2)cc1N(C(N)=O)c1nc(-c2cccc(C#N)c2)c(C(=O)NCc2ccccc2)s1. The van der Waals surface area contributed by atoms with Crippen molar-refractivity contribution in [2.24, 2.45) is 5.73 Å². The summed E-state index contributed by atoms with van der Waals surface area (Å²) in [5, 5.41) is 12.7. The van der Waals surface area contributed by atoms with Crippen LogP contribution in [0.4, 0.5) is 15.6 Å². The van der Waals surface area contributed by atoms with E-state index in [1.54, 1.807) is 24.3 Å². The molecular weight excluding hydrogens is 482 g/mol. The lowest BCUT2D eigenvalue weighted by molar-refractivity contribution is 0.0955. The van der Waals surface area contributed by atoms with Gasteiger partial charge in [-0.05, 0) is 60.6 Å². The third-order valence-electron chi connectivity index (χ3n) is 6.32. The van der Waals surface area contributed by atoms with Crippen molar-refractivity contribution in [1.29, 1.82) is 5.26 Å². The summed E-state index contributed by atoms with van der Waals surface area (Å²) in [5.74, 6) is 0.173. The lowest BCUT2D eigenvalue weighted by Gasteiger charge is -2.20. The Labute approximate surface area is 219 Å². The standard InChI is InChI=1S/C29H25N5O2S/c1-18-10-11-22(21-12-13-21)15-24(18)34(28(31)36)29-33-25(23-9-5-8-20(14-23)16-30)26(37-29)27(35)32-17-19-6-3-2-4-7-19/h2-11,14-15,21H,12-13,17H2,1H3,(H2,31,36)(H,32,35). The van der Waals surface area contributed by atoms with Gasteiger partial charge in [-0.15, -0.1) is 0 Å². The molecule has 3 amide bonds. The molecule has 0 radical (unpaired) electrons. The summed E-state index contributed by atoms with van der Waals surface area (Å²) in [5.41, 5.74) is 11.0. The highest BCUT2D eigenvalue weighted by Gasteiger charge is 2.29. The van der Waals surface area contributed by atoms with Gasteiger partial charge in [0.05, 0.1) is 23.0 Å². The third kappa shape index (κ3) is 5.22. The predicted molar refractivity (Wildman–Crippen MR) is 145 cm³/mol. The fourth-order valence-corrected chi connectivity index (χ4v) is 5.23. The summed E-state index contributed by atoms with van der Waals surface area (Å²) in [6.07, 6.45) is 2.25. The van der Waals surface area contributed by atoms with Crippen molar-refractivity contribution in [3.05, 3.63) is 99.9 Å². The van der Waals surface area contributed by atoms with Gasteiger partial charge in [0.2, 0.25) is 0 Å². The molecule has 3 aromatic carbocycles. The first-order chi connectivity index (χ1) is 17.9. The third-order valence-corrected chi connectivity index (χ3v) is 7.36. The van der Waals surface area contributed by atoms with Gasteiger partial charge in [0.25, 0.3) is 5.91 Å². The van der Waals surface area contributed by atoms with Crippen molar-refractivity contribution in [2.75, 3.05) is 4.90 Å². The number of nitriles is 1. The number of benzene rings is 3. The maximum atomic E-state index is 13.4. The molecule has 5 rings (SSSR count). The molecule has 1 heterocycles. The first kappa shape index (κ1) is 24.2. The van der Waals surface area contributed by atoms with E-state index in [-0.39, 0.29) is 5.91 Å². The van der Waals surface area contributed by atoms with Crippen molar-refractivity contribution in [3.63, 3.8) is 0 Å². The second-order valence-corrected chi connectivity index (χ2v) is 10.0. The van der Waals surface area contributed by atoms with Crippen LogP contribution in [0.25, 0.3) is 11.3 Å². The zero-order valence-electron chi connectivity index (χ0n) is 20.3. The molecule has 3 N–H and O–H groups in total. The number of urea groups is 1. The monoisotopic (exact) mass is 507 g/mol. The summed E-state index contributed by atoms with van der Waals surface area (Å²) < 4.78 is 0. The second-order valence-electron chi connectivity index (χ2n) is 9.03. The predicted octanol–water partition coefficient (Wildman–Crippen LogP) is 6.01. The molecular formula is C29H25N5O2S. The minimum Gasteiger partial charge on any atom is -0.351 e. The van der Waals surface area contributed by atoms with E-state index in [1.165, 1.54) is 4.90 Å². The molecule has 7 nitrogen and oxygen atoms in total. The second kappa shape index (κ2) is 10.2. The number of nitrogens with two attached hydrogens (primary N) is 1. The molecule has 1 saturated carbocycles. The molecule has 0 atom stereocenters. The molecule has 1 fully saturated rings. The molecule has 0 aliphatic heterocycles. The number of rotatable bonds is 7. The fourth-order valence-electron chi connectivity index (χ4n) is 4.20. The molecule has 4 aromatic rings. The maximum Gasteiger partial charge on any atom is 0.325 e. The smallest absolute Gasteiger partial charge is 0.325 e. The number of amides is 3. The minimum absolute atomic E-state index is 0.297. The molecule has 184 valence electrons. The van der Waals surface area contributed by atoms with Gasteiger partial charge >= 0.3 is 6.03 Å². The van der Waals surface area contributed by atoms with Gasteiger partial charge in [-0.2, -0.15) is 5.26 Å². The largest absolute Gasteiger partial charge is 0.351 e. The van der Waals surface area contributed by atoms with Gasteiger partial charge in [0, 0.05) is 12.1 Å². The van der Waals surface area contributed by atoms with Crippen molar-refractivity contribution >= 4 is 34.1 Å². The maximum absolute atomic E-state index is 13.4. The number of nitrogens with one attached hydrogen (secondary N) is 1. The van der Waals surface area contributed by atoms with Crippen LogP contribution < -0.4 is 16.0 Å². The zero-order valence-corrected chi connectivity index (χ0v) is 21.1. The van der Waals surface area contributed by atoms with Gasteiger partial charge < -0.3 is 11.1 Å². The first-order valence-corrected chi connectivity index (χ1v) is 12.8. The Hall–Kier alpha value is -4.48. The van der Waals surface area contributed by atoms with E-state index in [2.05, 4.69) is 17.5 Å². The van der Waals surface area contributed by atoms with E-state index in [0.717, 1.165) is 40.9 Å². The van der Waals surface area contributed by atoms with E-state index in [9.17, 15) is 14.9 Å². The minimum atomic E-state index is -0.682. The fraction of sp³-hybridized carbons (Fsp3) is 0.172. The summed E-state index contributed by atoms with van der Waals surface area (Å²) in [7, 11) is 0. The van der Waals surface area contributed by atoms with Gasteiger partial charge in [-0.3, -0.25) is 4.79 Å². The van der Waals surface area contributed by atoms with Crippen LogP contribution in [0, 0.1) is 18.3 Å². The number of thiazole rings is 1. The molecule has 0 spiro atoms. The van der Waals surface area contributed by atoms with Gasteiger partial charge in [-0.1, -0.05) is 65.9 Å². The average Bonchev–Trinajstić information content (AvgIpc) is 3.68. The Bertz CT molecular complexity index is 1520. The first-order valence-electron chi connectivity index (χ1n) is 12.0. The summed E-state index contributed by atoms with van der Waals surface area (Å²) >= 11 is 1.10. The number of aryl methyl sites for hydroxylation is 1. The molecule has 0 saturated heterocycles. The zero-order chi connectivity index (χ0) is 25.9. The van der Waals surface area contributed by atoms with Crippen LogP contribution >= 0.6 is 11.3 Å². The van der Waals surface area contributed by atoms with Crippen LogP contribution in [0.1, 0.15) is 50.7 Å². The van der Waals surface area contributed by atoms with Crippen molar-refractivity contribution in [2.45, 2.75) is 32.2 Å². The number of anilines is 2. The number of aromatic nitrogens is 1. The summed E-state index contributed by atoms with van der Waals surface area (Å²) in [6, 6.07) is 24.0. The van der Waals surface area contributed by atoms with Crippen LogP contribution in [-0.2, 0) is 6.54 Å². The van der Waals surface area contributed by atoms with Crippen LogP contribution in [0.15, 0.2) is 72.8 Å². The quantitative estimate of drug-likeness (QED) is 0.319. The van der Waals surface area contributed by atoms with E-state index in [1.807, 2.05) is 49.4 Å². The highest BCUT2D eigenvalue weighted by molar-refractivity contribution is 7.18. The molecule has 1 aliphatic rings. The highest BCUT2D eigenvalue weighted by atomic mass is 32.1. The van der Waals surface area contributed by atoms with E-state index in [0.29, 0.717) is 45.0 Å². The van der Waals surface area contributed by atoms with E-state index >= 15 is 0 Å². The number of primary amides is 1. The summed E-state index contributed by atoms with van der Waals surface area (Å²) in [4.78, 5) is 32.6. The van der Waals surface area contributed by atoms with Gasteiger partial charge in [-0.25, -0.2) is 14.7 Å². The lowest BCUT2D eigenvalue weighted by atomic mass is 10.1. The summed E-state index contributed by atoms with van der Waals surface area (Å²) in [6.45, 7) is 2.26. The number of nitrogens with zero attached hydrogens (tertiary/aromatic N) is 3. The number of hydrogen-bond acceptors (Lipinski definition) is 5. The van der Waals surface area contributed by atoms with Crippen LogP contribution in [0.3, 0.4) is 0 Å². The lowest BCUT2D eigenvalue weighted by Crippen LogP contribution is -2.32. The van der Waals surface area contributed by atoms with Crippen molar-refractivity contribution in [1.82, 2.24) is 10.3 Å². The topological polar surface area (TPSA) is 112 Å². The molecule has 37 heavy (non-hydrogen) atoms. The number of carbonyl (C=O) groups excluding carboxylic acids is 2. The Morgan fingerprint density at radius 3 is 2.59 bits per heavy atom. The molecule has 1 aromatic heterocycles. The van der Waals surface area contributed by atoms with E-state index in [4.69, 9.17) is 10.7 Å². The normalized spacial score (nSPS) is 12.5. The van der Waals surface area contributed by atoms with E-state index < -0.39 is 6.03 Å².